The summed E-state index contributed by atoms with van der Waals surface area (Å²) in [5.74, 6) is 2.22. The van der Waals surface area contributed by atoms with Crippen LogP contribution in [0.25, 0.3) is 11.0 Å². The molecule has 1 aromatic carbocycles. The van der Waals surface area contributed by atoms with Crippen LogP contribution in [0.1, 0.15) is 24.8 Å². The summed E-state index contributed by atoms with van der Waals surface area (Å²) < 4.78 is 8.94. The number of fused-ring (bicyclic) bond motifs is 1. The summed E-state index contributed by atoms with van der Waals surface area (Å²) in [6.07, 6.45) is 5.13. The first-order valence-corrected chi connectivity index (χ1v) is 11.4. The standard InChI is InChI=1S/C21H23BrClN5O2/c22-19-18(4-3-17-20(19)25-26-28(17)10-13-1-2-13)30-21-15(7-16(23)8-24-21)11-27-6-5-14(9-27)12-29/h3-4,7-8,13-14,29H,1-2,5-6,9-12H2. The lowest BCUT2D eigenvalue weighted by Gasteiger charge is -2.18. The maximum absolute atomic E-state index is 9.41. The first kappa shape index (κ1) is 20.2. The van der Waals surface area contributed by atoms with Gasteiger partial charge < -0.3 is 9.84 Å². The van der Waals surface area contributed by atoms with Crippen molar-refractivity contribution in [1.82, 2.24) is 24.9 Å². The van der Waals surface area contributed by atoms with E-state index in [0.717, 1.165) is 53.0 Å². The summed E-state index contributed by atoms with van der Waals surface area (Å²) >= 11 is 9.86. The number of aliphatic hydroxyl groups excluding tert-OH is 1. The molecule has 9 heteroatoms. The number of likely N-dealkylation sites (tertiary alicyclic amines) is 1. The van der Waals surface area contributed by atoms with E-state index in [4.69, 9.17) is 16.3 Å². The molecule has 0 radical (unpaired) electrons. The van der Waals surface area contributed by atoms with Crippen molar-refractivity contribution in [1.29, 1.82) is 0 Å². The average molecular weight is 493 g/mol. The van der Waals surface area contributed by atoms with Crippen molar-refractivity contribution in [3.8, 4) is 11.6 Å². The fraction of sp³-hybridized carbons (Fsp3) is 0.476. The lowest BCUT2D eigenvalue weighted by atomic mass is 10.1. The van der Waals surface area contributed by atoms with Crippen molar-refractivity contribution in [2.45, 2.75) is 32.4 Å². The molecule has 1 unspecified atom stereocenters. The number of aromatic nitrogens is 4. The lowest BCUT2D eigenvalue weighted by Crippen LogP contribution is -2.21. The number of nitrogens with zero attached hydrogens (tertiary/aromatic N) is 5. The molecule has 1 N–H and O–H groups in total. The minimum absolute atomic E-state index is 0.224. The number of pyridine rings is 1. The van der Waals surface area contributed by atoms with Crippen LogP contribution < -0.4 is 4.74 Å². The van der Waals surface area contributed by atoms with Gasteiger partial charge in [-0.1, -0.05) is 16.8 Å². The Morgan fingerprint density at radius 3 is 2.87 bits per heavy atom. The third kappa shape index (κ3) is 4.19. The van der Waals surface area contributed by atoms with Gasteiger partial charge >= 0.3 is 0 Å². The Bertz CT molecular complexity index is 1070. The van der Waals surface area contributed by atoms with E-state index in [2.05, 4.69) is 36.1 Å². The number of hydrogen-bond acceptors (Lipinski definition) is 6. The highest BCUT2D eigenvalue weighted by atomic mass is 79.9. The fourth-order valence-corrected chi connectivity index (χ4v) is 4.65. The van der Waals surface area contributed by atoms with Crippen molar-refractivity contribution >= 4 is 38.6 Å². The molecular formula is C21H23BrClN5O2. The molecule has 0 bridgehead atoms. The van der Waals surface area contributed by atoms with Gasteiger partial charge in [0, 0.05) is 38.0 Å². The Morgan fingerprint density at radius 1 is 1.23 bits per heavy atom. The first-order chi connectivity index (χ1) is 14.6. The number of benzene rings is 1. The normalized spacial score (nSPS) is 19.6. The SMILES string of the molecule is OCC1CCN(Cc2cc(Cl)cnc2Oc2ccc3c(nnn3CC3CC3)c2Br)C1. The zero-order valence-electron chi connectivity index (χ0n) is 16.5. The quantitative estimate of drug-likeness (QED) is 0.531. The zero-order chi connectivity index (χ0) is 20.7. The van der Waals surface area contributed by atoms with Gasteiger partial charge in [-0.15, -0.1) is 5.10 Å². The molecule has 1 aliphatic heterocycles. The Balaban J connectivity index is 1.40. The van der Waals surface area contributed by atoms with E-state index < -0.39 is 0 Å². The van der Waals surface area contributed by atoms with Gasteiger partial charge in [-0.2, -0.15) is 0 Å². The minimum Gasteiger partial charge on any atom is -0.437 e. The van der Waals surface area contributed by atoms with Gasteiger partial charge in [0.05, 0.1) is 15.0 Å². The van der Waals surface area contributed by atoms with Gasteiger partial charge in [0.1, 0.15) is 11.3 Å². The van der Waals surface area contributed by atoms with Gasteiger partial charge in [0.15, 0.2) is 0 Å². The van der Waals surface area contributed by atoms with E-state index in [1.165, 1.54) is 12.8 Å². The van der Waals surface area contributed by atoms with Gasteiger partial charge in [0.25, 0.3) is 0 Å². The van der Waals surface area contributed by atoms with Crippen LogP contribution in [0, 0.1) is 11.8 Å². The summed E-state index contributed by atoms with van der Waals surface area (Å²) in [5.41, 5.74) is 2.71. The van der Waals surface area contributed by atoms with Gasteiger partial charge in [0.2, 0.25) is 5.88 Å². The molecule has 30 heavy (non-hydrogen) atoms. The van der Waals surface area contributed by atoms with Crippen molar-refractivity contribution in [3.05, 3.63) is 39.5 Å². The zero-order valence-corrected chi connectivity index (χ0v) is 18.8. The molecule has 3 aromatic rings. The molecule has 3 heterocycles. The molecule has 1 atom stereocenters. The average Bonchev–Trinajstić information content (AvgIpc) is 3.28. The minimum atomic E-state index is 0.224. The molecule has 7 nitrogen and oxygen atoms in total. The molecule has 2 fully saturated rings. The monoisotopic (exact) mass is 491 g/mol. The fourth-order valence-electron chi connectivity index (χ4n) is 3.97. The first-order valence-electron chi connectivity index (χ1n) is 10.3. The topological polar surface area (TPSA) is 76.3 Å². The second-order valence-corrected chi connectivity index (χ2v) is 9.48. The molecule has 5 rings (SSSR count). The van der Waals surface area contributed by atoms with Crippen LogP contribution in [-0.4, -0.2) is 49.7 Å². The Labute approximate surface area is 188 Å². The molecular weight excluding hydrogens is 470 g/mol. The van der Waals surface area contributed by atoms with Crippen LogP contribution >= 0.6 is 27.5 Å². The summed E-state index contributed by atoms with van der Waals surface area (Å²) in [4.78, 5) is 6.73. The van der Waals surface area contributed by atoms with Crippen LogP contribution in [0.15, 0.2) is 28.9 Å². The van der Waals surface area contributed by atoms with Crippen LogP contribution in [0.4, 0.5) is 0 Å². The third-order valence-corrected chi connectivity index (χ3v) is 6.81. The van der Waals surface area contributed by atoms with E-state index in [1.807, 2.05) is 22.9 Å². The summed E-state index contributed by atoms with van der Waals surface area (Å²) in [7, 11) is 0. The van der Waals surface area contributed by atoms with Crippen molar-refractivity contribution in [2.75, 3.05) is 19.7 Å². The summed E-state index contributed by atoms with van der Waals surface area (Å²) in [5, 5.41) is 18.7. The van der Waals surface area contributed by atoms with E-state index in [1.54, 1.807) is 6.20 Å². The third-order valence-electron chi connectivity index (χ3n) is 5.84. The molecule has 0 amide bonds. The highest BCUT2D eigenvalue weighted by Gasteiger charge is 2.25. The predicted molar refractivity (Wildman–Crippen MR) is 118 cm³/mol. The van der Waals surface area contributed by atoms with E-state index in [9.17, 15) is 5.11 Å². The Hall–Kier alpha value is -1.74. The van der Waals surface area contributed by atoms with Gasteiger partial charge in [-0.25, -0.2) is 9.67 Å². The molecule has 1 saturated heterocycles. The molecule has 1 saturated carbocycles. The smallest absolute Gasteiger partial charge is 0.223 e. The van der Waals surface area contributed by atoms with Gasteiger partial charge in [-0.05, 0) is 71.8 Å². The molecule has 2 aromatic heterocycles. The maximum atomic E-state index is 9.41. The highest BCUT2D eigenvalue weighted by molar-refractivity contribution is 9.10. The number of aliphatic hydroxyl groups is 1. The number of rotatable bonds is 7. The molecule has 0 spiro atoms. The Kier molecular flexibility index (Phi) is 5.66. The Morgan fingerprint density at radius 2 is 2.10 bits per heavy atom. The highest BCUT2D eigenvalue weighted by Crippen LogP contribution is 2.37. The van der Waals surface area contributed by atoms with Crippen LogP contribution in [0.2, 0.25) is 5.02 Å². The lowest BCUT2D eigenvalue weighted by molar-refractivity contribution is 0.219. The van der Waals surface area contributed by atoms with Crippen LogP contribution in [0.5, 0.6) is 11.6 Å². The second kappa shape index (κ2) is 8.42. The number of hydrogen-bond donors (Lipinski definition) is 1. The van der Waals surface area contributed by atoms with E-state index >= 15 is 0 Å². The predicted octanol–water partition coefficient (Wildman–Crippen LogP) is 4.26. The summed E-state index contributed by atoms with van der Waals surface area (Å²) in [6.45, 7) is 3.62. The van der Waals surface area contributed by atoms with Crippen LogP contribution in [0.3, 0.4) is 0 Å². The number of ether oxygens (including phenoxy) is 1. The van der Waals surface area contributed by atoms with Gasteiger partial charge in [-0.3, -0.25) is 4.90 Å². The van der Waals surface area contributed by atoms with Crippen molar-refractivity contribution in [3.63, 3.8) is 0 Å². The number of halogens is 2. The van der Waals surface area contributed by atoms with Crippen molar-refractivity contribution in [2.24, 2.45) is 11.8 Å². The van der Waals surface area contributed by atoms with E-state index in [0.29, 0.717) is 29.1 Å². The summed E-state index contributed by atoms with van der Waals surface area (Å²) in [6, 6.07) is 5.82. The largest absolute Gasteiger partial charge is 0.437 e. The molecule has 2 aliphatic rings. The molecule has 1 aliphatic carbocycles. The van der Waals surface area contributed by atoms with Crippen LogP contribution in [-0.2, 0) is 13.1 Å². The maximum Gasteiger partial charge on any atom is 0.223 e. The second-order valence-electron chi connectivity index (χ2n) is 8.25. The van der Waals surface area contributed by atoms with Crippen molar-refractivity contribution < 1.29 is 9.84 Å². The molecule has 158 valence electrons. The van der Waals surface area contributed by atoms with E-state index in [-0.39, 0.29) is 6.61 Å².